The van der Waals surface area contributed by atoms with Gasteiger partial charge in [0, 0.05) is 42.4 Å². The first kappa shape index (κ1) is 27.4. The lowest BCUT2D eigenvalue weighted by Crippen LogP contribution is -2.47. The quantitative estimate of drug-likeness (QED) is 0.523. The fourth-order valence-electron chi connectivity index (χ4n) is 4.91. The summed E-state index contributed by atoms with van der Waals surface area (Å²) in [5.41, 5.74) is 3.32. The van der Waals surface area contributed by atoms with Crippen molar-refractivity contribution in [1.82, 2.24) is 5.01 Å². The van der Waals surface area contributed by atoms with E-state index in [1.165, 1.54) is 16.3 Å². The van der Waals surface area contributed by atoms with Crippen LogP contribution in [0, 0.1) is 11.3 Å². The first-order valence-corrected chi connectivity index (χ1v) is 13.4. The van der Waals surface area contributed by atoms with Gasteiger partial charge in [0.1, 0.15) is 6.54 Å². The number of carbonyl (C=O) groups is 3. The van der Waals surface area contributed by atoms with Crippen molar-refractivity contribution in [1.29, 1.82) is 0 Å². The van der Waals surface area contributed by atoms with Crippen LogP contribution in [0.25, 0.3) is 0 Å². The van der Waals surface area contributed by atoms with Crippen molar-refractivity contribution in [3.05, 3.63) is 54.1 Å². The molecule has 2 aromatic rings. The first-order valence-electron chi connectivity index (χ1n) is 13.4. The van der Waals surface area contributed by atoms with Gasteiger partial charge in [0.2, 0.25) is 5.91 Å². The molecule has 1 aliphatic heterocycles. The van der Waals surface area contributed by atoms with Crippen LogP contribution in [0.2, 0.25) is 0 Å². The molecule has 1 N–H and O–H groups in total. The second-order valence-electron chi connectivity index (χ2n) is 11.4. The Hall–Kier alpha value is -3.68. The lowest BCUT2D eigenvalue weighted by Gasteiger charge is -2.28. The Morgan fingerprint density at radius 2 is 1.71 bits per heavy atom. The smallest absolute Gasteiger partial charge is 0.345 e. The van der Waals surface area contributed by atoms with Crippen molar-refractivity contribution in [3.63, 3.8) is 0 Å². The largest absolute Gasteiger partial charge is 0.378 e. The van der Waals surface area contributed by atoms with Crippen molar-refractivity contribution in [2.24, 2.45) is 16.4 Å². The summed E-state index contributed by atoms with van der Waals surface area (Å²) in [4.78, 5) is 43.7. The molecule has 0 spiro atoms. The average Bonchev–Trinajstić information content (AvgIpc) is 2.99. The van der Waals surface area contributed by atoms with Crippen molar-refractivity contribution < 1.29 is 14.4 Å². The number of hydrogen-bond donors (Lipinski definition) is 1. The summed E-state index contributed by atoms with van der Waals surface area (Å²) >= 11 is 0. The molecule has 202 valence electrons. The molecule has 0 saturated heterocycles. The standard InChI is InChI=1S/C30H39N5O3/c1-30(2,3)26(36)19-34-25-17-10-9-16-24(25)28(21-12-7-6-8-13-21)32-35(29(34)38)20-27(37)31-22-14-11-15-23(18-22)33(4)5/h9-11,14-18,21H,6-8,12-13,19-20H2,1-5H3,(H,31,37). The molecule has 1 fully saturated rings. The fraction of sp³-hybridized carbons (Fsp3) is 0.467. The van der Waals surface area contributed by atoms with E-state index in [0.29, 0.717) is 11.4 Å². The number of fused-ring (bicyclic) bond motifs is 1. The van der Waals surface area contributed by atoms with E-state index in [1.807, 2.05) is 88.3 Å². The van der Waals surface area contributed by atoms with Gasteiger partial charge in [-0.3, -0.25) is 14.5 Å². The van der Waals surface area contributed by atoms with E-state index >= 15 is 0 Å². The average molecular weight is 518 g/mol. The molecule has 8 heteroatoms. The number of anilines is 3. The lowest BCUT2D eigenvalue weighted by atomic mass is 9.83. The maximum atomic E-state index is 13.9. The third-order valence-corrected chi connectivity index (χ3v) is 7.22. The number of amides is 3. The zero-order valence-electron chi connectivity index (χ0n) is 23.2. The number of benzene rings is 2. The lowest BCUT2D eigenvalue weighted by molar-refractivity contribution is -0.124. The van der Waals surface area contributed by atoms with E-state index in [9.17, 15) is 14.4 Å². The van der Waals surface area contributed by atoms with Crippen LogP contribution in [0.1, 0.15) is 58.4 Å². The van der Waals surface area contributed by atoms with Crippen LogP contribution in [0.15, 0.2) is 53.6 Å². The summed E-state index contributed by atoms with van der Waals surface area (Å²) in [6.07, 6.45) is 5.37. The van der Waals surface area contributed by atoms with Gasteiger partial charge in [0.15, 0.2) is 5.78 Å². The number of carbonyl (C=O) groups excluding carboxylic acids is 3. The molecule has 1 aliphatic carbocycles. The van der Waals surface area contributed by atoms with Crippen LogP contribution in [0.4, 0.5) is 21.9 Å². The van der Waals surface area contributed by atoms with Crippen LogP contribution < -0.4 is 15.1 Å². The van der Waals surface area contributed by atoms with Gasteiger partial charge in [-0.1, -0.05) is 64.3 Å². The highest BCUT2D eigenvalue weighted by Crippen LogP contribution is 2.34. The Morgan fingerprint density at radius 1 is 1.00 bits per heavy atom. The number of Topliss-reactive ketones (excluding diaryl/α,β-unsaturated/α-hetero) is 1. The molecule has 38 heavy (non-hydrogen) atoms. The van der Waals surface area contributed by atoms with Gasteiger partial charge in [0.05, 0.1) is 17.9 Å². The topological polar surface area (TPSA) is 85.3 Å². The number of urea groups is 1. The fourth-order valence-corrected chi connectivity index (χ4v) is 4.91. The van der Waals surface area contributed by atoms with Gasteiger partial charge in [0.25, 0.3) is 0 Å². The van der Waals surface area contributed by atoms with Gasteiger partial charge >= 0.3 is 6.03 Å². The van der Waals surface area contributed by atoms with Crippen LogP contribution in [-0.2, 0) is 9.59 Å². The van der Waals surface area contributed by atoms with Crippen LogP contribution in [0.5, 0.6) is 0 Å². The summed E-state index contributed by atoms with van der Waals surface area (Å²) in [6, 6.07) is 14.7. The molecule has 2 aliphatic rings. The van der Waals surface area contributed by atoms with Crippen LogP contribution in [-0.4, -0.2) is 55.6 Å². The number of rotatable bonds is 7. The number of nitrogens with one attached hydrogen (secondary N) is 1. The predicted molar refractivity (Wildman–Crippen MR) is 153 cm³/mol. The Bertz CT molecular complexity index is 1220. The minimum absolute atomic E-state index is 0.0633. The number of para-hydroxylation sites is 1. The first-order chi connectivity index (χ1) is 18.0. The number of ketones is 1. The molecule has 0 radical (unpaired) electrons. The molecule has 1 heterocycles. The maximum absolute atomic E-state index is 13.9. The molecule has 0 atom stereocenters. The third kappa shape index (κ3) is 6.23. The number of nitrogens with zero attached hydrogens (tertiary/aromatic N) is 4. The Morgan fingerprint density at radius 3 is 2.39 bits per heavy atom. The molecule has 8 nitrogen and oxygen atoms in total. The predicted octanol–water partition coefficient (Wildman–Crippen LogP) is 5.53. The van der Waals surface area contributed by atoms with Gasteiger partial charge in [-0.25, -0.2) is 9.80 Å². The van der Waals surface area contributed by atoms with E-state index in [-0.39, 0.29) is 30.7 Å². The van der Waals surface area contributed by atoms with Crippen molar-refractivity contribution >= 4 is 40.5 Å². The van der Waals surface area contributed by atoms with Crippen LogP contribution >= 0.6 is 0 Å². The van der Waals surface area contributed by atoms with Gasteiger partial charge in [-0.2, -0.15) is 5.10 Å². The zero-order valence-corrected chi connectivity index (χ0v) is 23.2. The zero-order chi connectivity index (χ0) is 27.4. The summed E-state index contributed by atoms with van der Waals surface area (Å²) in [5.74, 6) is -0.223. The molecule has 0 unspecified atom stereocenters. The molecular weight excluding hydrogens is 478 g/mol. The van der Waals surface area contributed by atoms with Gasteiger partial charge < -0.3 is 10.2 Å². The Balaban J connectivity index is 1.69. The molecule has 1 saturated carbocycles. The molecule has 0 aromatic heterocycles. The number of hydrogen-bond acceptors (Lipinski definition) is 5. The van der Waals surface area contributed by atoms with E-state index in [4.69, 9.17) is 5.10 Å². The Kier molecular flexibility index (Phi) is 8.19. The molecule has 3 amide bonds. The molecule has 0 bridgehead atoms. The minimum Gasteiger partial charge on any atom is -0.378 e. The summed E-state index contributed by atoms with van der Waals surface area (Å²) in [7, 11) is 3.87. The van der Waals surface area contributed by atoms with Crippen molar-refractivity contribution in [2.75, 3.05) is 42.3 Å². The summed E-state index contributed by atoms with van der Waals surface area (Å²) in [5, 5.41) is 8.99. The van der Waals surface area contributed by atoms with E-state index in [1.54, 1.807) is 0 Å². The Labute approximate surface area is 225 Å². The van der Waals surface area contributed by atoms with Crippen molar-refractivity contribution in [2.45, 2.75) is 52.9 Å². The minimum atomic E-state index is -0.617. The summed E-state index contributed by atoms with van der Waals surface area (Å²) in [6.45, 7) is 5.20. The third-order valence-electron chi connectivity index (χ3n) is 7.22. The highest BCUT2D eigenvalue weighted by molar-refractivity contribution is 6.13. The van der Waals surface area contributed by atoms with Crippen molar-refractivity contribution in [3.8, 4) is 0 Å². The van der Waals surface area contributed by atoms with E-state index in [0.717, 1.165) is 42.6 Å². The monoisotopic (exact) mass is 517 g/mol. The van der Waals surface area contributed by atoms with Crippen LogP contribution in [0.3, 0.4) is 0 Å². The summed E-state index contributed by atoms with van der Waals surface area (Å²) < 4.78 is 0. The van der Waals surface area contributed by atoms with Gasteiger partial charge in [-0.05, 0) is 37.1 Å². The molecule has 4 rings (SSSR count). The maximum Gasteiger partial charge on any atom is 0.345 e. The second kappa shape index (κ2) is 11.4. The van der Waals surface area contributed by atoms with E-state index in [2.05, 4.69) is 5.32 Å². The highest BCUT2D eigenvalue weighted by Gasteiger charge is 2.36. The highest BCUT2D eigenvalue weighted by atomic mass is 16.2. The molecule has 2 aromatic carbocycles. The molecular formula is C30H39N5O3. The van der Waals surface area contributed by atoms with Gasteiger partial charge in [-0.15, -0.1) is 0 Å². The number of hydrazone groups is 1. The van der Waals surface area contributed by atoms with E-state index < -0.39 is 11.4 Å². The normalized spacial score (nSPS) is 16.4. The SMILES string of the molecule is CN(C)c1cccc(NC(=O)CN2N=C(C3CCCCC3)c3ccccc3N(CC(=O)C(C)(C)C)C2=O)c1. The second-order valence-corrected chi connectivity index (χ2v) is 11.4.